The predicted molar refractivity (Wildman–Crippen MR) is 82.9 cm³/mol. The summed E-state index contributed by atoms with van der Waals surface area (Å²) >= 11 is 0. The van der Waals surface area contributed by atoms with Crippen molar-refractivity contribution in [3.05, 3.63) is 54.4 Å². The number of sulfonamides is 1. The van der Waals surface area contributed by atoms with Crippen LogP contribution in [0.5, 0.6) is 0 Å². The molecule has 1 N–H and O–H groups in total. The van der Waals surface area contributed by atoms with Gasteiger partial charge in [0, 0.05) is 7.05 Å². The normalized spacial score (nSPS) is 11.7. The first-order valence-electron chi connectivity index (χ1n) is 6.47. The number of hydrogen-bond acceptors (Lipinski definition) is 3. The summed E-state index contributed by atoms with van der Waals surface area (Å²) in [6.07, 6.45) is 1.59. The van der Waals surface area contributed by atoms with E-state index in [1.165, 1.54) is 4.31 Å². The van der Waals surface area contributed by atoms with Gasteiger partial charge in [-0.2, -0.15) is 0 Å². The van der Waals surface area contributed by atoms with E-state index in [4.69, 9.17) is 0 Å². The first-order chi connectivity index (χ1) is 9.98. The highest BCUT2D eigenvalue weighted by molar-refractivity contribution is 7.92. The quantitative estimate of drug-likeness (QED) is 0.809. The van der Waals surface area contributed by atoms with Crippen LogP contribution < -0.4 is 4.31 Å². The summed E-state index contributed by atoms with van der Waals surface area (Å²) in [6, 6.07) is 12.1. The Hall–Kier alpha value is -2.34. The molecule has 3 rings (SSSR count). The summed E-state index contributed by atoms with van der Waals surface area (Å²) in [7, 11) is -2.01. The summed E-state index contributed by atoms with van der Waals surface area (Å²) in [6.45, 7) is 1.92. The third-order valence-electron chi connectivity index (χ3n) is 3.45. The lowest BCUT2D eigenvalue weighted by molar-refractivity contribution is 0.594. The Morgan fingerprint density at radius 3 is 2.52 bits per heavy atom. The molecule has 0 spiro atoms. The molecular weight excluding hydrogens is 286 g/mol. The second-order valence-electron chi connectivity index (χ2n) is 4.89. The molecule has 0 aliphatic carbocycles. The van der Waals surface area contributed by atoms with Crippen molar-refractivity contribution >= 4 is 26.7 Å². The van der Waals surface area contributed by atoms with Crippen LogP contribution >= 0.6 is 0 Å². The maximum Gasteiger partial charge on any atom is 0.264 e. The van der Waals surface area contributed by atoms with E-state index in [2.05, 4.69) is 9.97 Å². The molecule has 0 amide bonds. The summed E-state index contributed by atoms with van der Waals surface area (Å²) < 4.78 is 26.5. The molecule has 21 heavy (non-hydrogen) atoms. The average Bonchev–Trinajstić information content (AvgIpc) is 2.94. The zero-order chi connectivity index (χ0) is 15.0. The molecule has 0 atom stereocenters. The maximum absolute atomic E-state index is 12.6. The molecule has 2 aromatic carbocycles. The van der Waals surface area contributed by atoms with E-state index in [1.54, 1.807) is 55.8 Å². The molecule has 3 aromatic rings. The van der Waals surface area contributed by atoms with E-state index in [1.807, 2.05) is 6.92 Å². The summed E-state index contributed by atoms with van der Waals surface area (Å²) in [4.78, 5) is 7.38. The highest BCUT2D eigenvalue weighted by atomic mass is 32.2. The highest BCUT2D eigenvalue weighted by Gasteiger charge is 2.21. The monoisotopic (exact) mass is 301 g/mol. The van der Waals surface area contributed by atoms with E-state index >= 15 is 0 Å². The van der Waals surface area contributed by atoms with Gasteiger partial charge in [0.05, 0.1) is 27.9 Å². The molecular formula is C15H15N3O2S. The molecule has 0 radical (unpaired) electrons. The number of benzene rings is 2. The molecule has 1 heterocycles. The van der Waals surface area contributed by atoms with E-state index in [9.17, 15) is 8.42 Å². The van der Waals surface area contributed by atoms with Crippen molar-refractivity contribution in [3.8, 4) is 0 Å². The maximum atomic E-state index is 12.6. The van der Waals surface area contributed by atoms with Gasteiger partial charge in [-0.05, 0) is 37.3 Å². The Bertz CT molecular complexity index is 883. The van der Waals surface area contributed by atoms with Crippen molar-refractivity contribution in [2.45, 2.75) is 11.8 Å². The number of aromatic amines is 1. The molecule has 6 heteroatoms. The number of fused-ring (bicyclic) bond motifs is 1. The van der Waals surface area contributed by atoms with Crippen molar-refractivity contribution in [3.63, 3.8) is 0 Å². The molecule has 0 aliphatic heterocycles. The lowest BCUT2D eigenvalue weighted by Crippen LogP contribution is -2.26. The minimum absolute atomic E-state index is 0.278. The van der Waals surface area contributed by atoms with Gasteiger partial charge < -0.3 is 4.98 Å². The predicted octanol–water partition coefficient (Wildman–Crippen LogP) is 2.70. The number of imidazole rings is 1. The zero-order valence-corrected chi connectivity index (χ0v) is 12.6. The van der Waals surface area contributed by atoms with Gasteiger partial charge in [0.2, 0.25) is 0 Å². The smallest absolute Gasteiger partial charge is 0.264 e. The Kier molecular flexibility index (Phi) is 3.17. The molecule has 0 saturated carbocycles. The Morgan fingerprint density at radius 1 is 1.10 bits per heavy atom. The van der Waals surface area contributed by atoms with Crippen LogP contribution in [-0.4, -0.2) is 25.4 Å². The van der Waals surface area contributed by atoms with Crippen LogP contribution in [0.4, 0.5) is 5.69 Å². The van der Waals surface area contributed by atoms with Gasteiger partial charge in [0.25, 0.3) is 10.0 Å². The summed E-state index contributed by atoms with van der Waals surface area (Å²) in [5, 5.41) is 0. The minimum Gasteiger partial charge on any atom is -0.345 e. The van der Waals surface area contributed by atoms with Crippen LogP contribution in [0.15, 0.2) is 53.7 Å². The van der Waals surface area contributed by atoms with E-state index in [0.29, 0.717) is 5.69 Å². The fraction of sp³-hybridized carbons (Fsp3) is 0.133. The minimum atomic E-state index is -3.56. The van der Waals surface area contributed by atoms with Crippen LogP contribution in [-0.2, 0) is 10.0 Å². The van der Waals surface area contributed by atoms with Crippen LogP contribution in [0, 0.1) is 6.92 Å². The largest absolute Gasteiger partial charge is 0.345 e. The number of anilines is 1. The third-order valence-corrected chi connectivity index (χ3v) is 5.25. The highest BCUT2D eigenvalue weighted by Crippen LogP contribution is 2.24. The molecule has 108 valence electrons. The van der Waals surface area contributed by atoms with Gasteiger partial charge >= 0.3 is 0 Å². The van der Waals surface area contributed by atoms with E-state index < -0.39 is 10.0 Å². The van der Waals surface area contributed by atoms with Gasteiger partial charge in [-0.1, -0.05) is 17.7 Å². The van der Waals surface area contributed by atoms with Gasteiger partial charge in [0.1, 0.15) is 0 Å². The fourth-order valence-corrected chi connectivity index (χ4v) is 3.31. The van der Waals surface area contributed by atoms with Crippen LogP contribution in [0.25, 0.3) is 11.0 Å². The van der Waals surface area contributed by atoms with Crippen molar-refractivity contribution in [1.82, 2.24) is 9.97 Å². The molecule has 0 unspecified atom stereocenters. The summed E-state index contributed by atoms with van der Waals surface area (Å²) in [5.74, 6) is 0. The van der Waals surface area contributed by atoms with Crippen molar-refractivity contribution < 1.29 is 8.42 Å². The SMILES string of the molecule is Cc1ccc(S(=O)(=O)N(C)c2ccc3nc[nH]c3c2)cc1. The number of aryl methyl sites for hydroxylation is 1. The molecule has 0 fully saturated rings. The van der Waals surface area contributed by atoms with Crippen LogP contribution in [0.2, 0.25) is 0 Å². The number of rotatable bonds is 3. The van der Waals surface area contributed by atoms with E-state index in [0.717, 1.165) is 16.6 Å². The van der Waals surface area contributed by atoms with Crippen LogP contribution in [0.3, 0.4) is 0 Å². The zero-order valence-electron chi connectivity index (χ0n) is 11.7. The Balaban J connectivity index is 2.03. The first-order valence-corrected chi connectivity index (χ1v) is 7.91. The lowest BCUT2D eigenvalue weighted by atomic mass is 10.2. The molecule has 0 bridgehead atoms. The first kappa shape index (κ1) is 13.6. The van der Waals surface area contributed by atoms with Crippen molar-refractivity contribution in [2.24, 2.45) is 0 Å². The second-order valence-corrected chi connectivity index (χ2v) is 6.86. The number of hydrogen-bond donors (Lipinski definition) is 1. The second kappa shape index (κ2) is 4.89. The molecule has 0 aliphatic rings. The van der Waals surface area contributed by atoms with Crippen molar-refractivity contribution in [1.29, 1.82) is 0 Å². The number of nitrogens with zero attached hydrogens (tertiary/aromatic N) is 2. The number of H-pyrrole nitrogens is 1. The lowest BCUT2D eigenvalue weighted by Gasteiger charge is -2.19. The number of nitrogens with one attached hydrogen (secondary N) is 1. The Morgan fingerprint density at radius 2 is 1.81 bits per heavy atom. The van der Waals surface area contributed by atoms with Gasteiger partial charge in [-0.3, -0.25) is 4.31 Å². The van der Waals surface area contributed by atoms with Crippen molar-refractivity contribution in [2.75, 3.05) is 11.4 Å². The van der Waals surface area contributed by atoms with Gasteiger partial charge in [-0.25, -0.2) is 13.4 Å². The topological polar surface area (TPSA) is 66.1 Å². The van der Waals surface area contributed by atoms with E-state index in [-0.39, 0.29) is 4.90 Å². The fourth-order valence-electron chi connectivity index (χ4n) is 2.13. The van der Waals surface area contributed by atoms with Crippen LogP contribution in [0.1, 0.15) is 5.56 Å². The van der Waals surface area contributed by atoms with Gasteiger partial charge in [0.15, 0.2) is 0 Å². The standard InChI is InChI=1S/C15H15N3O2S/c1-11-3-6-13(7-4-11)21(19,20)18(2)12-5-8-14-15(9-12)17-10-16-14/h3-10H,1-2H3,(H,16,17). The number of aromatic nitrogens is 2. The third kappa shape index (κ3) is 2.38. The van der Waals surface area contributed by atoms with Gasteiger partial charge in [-0.15, -0.1) is 0 Å². The Labute approximate surface area is 123 Å². The summed E-state index contributed by atoms with van der Waals surface area (Å²) in [5.41, 5.74) is 3.22. The molecule has 0 saturated heterocycles. The molecule has 5 nitrogen and oxygen atoms in total. The average molecular weight is 301 g/mol. The molecule has 1 aromatic heterocycles.